The lowest BCUT2D eigenvalue weighted by Crippen LogP contribution is -2.08. The third-order valence-electron chi connectivity index (χ3n) is 3.49. The van der Waals surface area contributed by atoms with Gasteiger partial charge < -0.3 is 10.1 Å². The summed E-state index contributed by atoms with van der Waals surface area (Å²) in [6.07, 6.45) is 3.30. The van der Waals surface area contributed by atoms with E-state index in [2.05, 4.69) is 32.9 Å². The van der Waals surface area contributed by atoms with Crippen LogP contribution in [-0.2, 0) is 11.4 Å². The normalized spacial score (nSPS) is 10.8. The lowest BCUT2D eigenvalue weighted by molar-refractivity contribution is -0.111. The molecule has 1 amide bonds. The Labute approximate surface area is 170 Å². The van der Waals surface area contributed by atoms with Crippen molar-refractivity contribution in [1.29, 1.82) is 0 Å². The summed E-state index contributed by atoms with van der Waals surface area (Å²) >= 11 is 3.81. The minimum Gasteiger partial charge on any atom is -0.487 e. The molecule has 0 spiro atoms. The Morgan fingerprint density at radius 3 is 2.69 bits per heavy atom. The van der Waals surface area contributed by atoms with E-state index >= 15 is 0 Å². The van der Waals surface area contributed by atoms with Gasteiger partial charge in [-0.2, -0.15) is 0 Å². The van der Waals surface area contributed by atoms with Gasteiger partial charge in [0, 0.05) is 15.0 Å². The van der Waals surface area contributed by atoms with Crippen LogP contribution < -0.4 is 10.1 Å². The molecule has 0 aliphatic heterocycles. The minimum atomic E-state index is -0.159. The predicted octanol–water partition coefficient (Wildman–Crippen LogP) is 5.29. The van der Waals surface area contributed by atoms with E-state index in [1.54, 1.807) is 17.4 Å². The van der Waals surface area contributed by atoms with E-state index in [9.17, 15) is 4.79 Å². The fraction of sp³-hybridized carbons (Fsp3) is 0.100. The second kappa shape index (κ2) is 8.95. The van der Waals surface area contributed by atoms with E-state index in [-0.39, 0.29) is 5.91 Å². The summed E-state index contributed by atoms with van der Waals surface area (Å²) in [6.45, 7) is 2.43. The largest absolute Gasteiger partial charge is 0.487 e. The molecule has 0 aliphatic rings. The summed E-state index contributed by atoms with van der Waals surface area (Å²) in [6, 6.07) is 15.3. The molecule has 132 valence electrons. The second-order valence-corrected chi connectivity index (χ2v) is 7.74. The number of carbonyl (C=O) groups excluding carboxylic acids is 1. The van der Waals surface area contributed by atoms with Crippen LogP contribution in [0.25, 0.3) is 6.08 Å². The van der Waals surface area contributed by atoms with Gasteiger partial charge in [0.15, 0.2) is 0 Å². The summed E-state index contributed by atoms with van der Waals surface area (Å²) in [5, 5.41) is 5.90. The zero-order chi connectivity index (χ0) is 18.4. The highest BCUT2D eigenvalue weighted by atomic mass is 127. The number of halogens is 1. The van der Waals surface area contributed by atoms with Crippen LogP contribution in [0.2, 0.25) is 0 Å². The maximum Gasteiger partial charge on any atom is 0.248 e. The molecular formula is C20H17IN2O2S. The van der Waals surface area contributed by atoms with E-state index in [0.717, 1.165) is 31.3 Å². The van der Waals surface area contributed by atoms with Crippen LogP contribution in [-0.4, -0.2) is 10.9 Å². The number of aromatic nitrogens is 1. The molecule has 0 aliphatic carbocycles. The van der Waals surface area contributed by atoms with Crippen LogP contribution in [0.5, 0.6) is 5.75 Å². The van der Waals surface area contributed by atoms with Crippen molar-refractivity contribution in [2.45, 2.75) is 13.5 Å². The third kappa shape index (κ3) is 5.40. The number of para-hydroxylation sites is 1. The molecule has 0 fully saturated rings. The molecule has 26 heavy (non-hydrogen) atoms. The van der Waals surface area contributed by atoms with Crippen LogP contribution in [0.3, 0.4) is 0 Å². The van der Waals surface area contributed by atoms with Gasteiger partial charge >= 0.3 is 0 Å². The summed E-state index contributed by atoms with van der Waals surface area (Å²) < 4.78 is 6.72. The Hall–Kier alpha value is -2.19. The fourth-order valence-electron chi connectivity index (χ4n) is 2.22. The number of nitrogens with one attached hydrogen (secondary N) is 1. The molecule has 0 atom stereocenters. The number of ether oxygens (including phenoxy) is 1. The van der Waals surface area contributed by atoms with Crippen molar-refractivity contribution in [3.8, 4) is 5.75 Å². The number of anilines is 1. The molecule has 2 aromatic carbocycles. The number of carbonyl (C=O) groups is 1. The van der Waals surface area contributed by atoms with Gasteiger partial charge in [0.25, 0.3) is 0 Å². The maximum atomic E-state index is 12.0. The average molecular weight is 476 g/mol. The molecule has 0 saturated carbocycles. The Balaban J connectivity index is 1.54. The first-order chi connectivity index (χ1) is 12.6. The summed E-state index contributed by atoms with van der Waals surface area (Å²) in [4.78, 5) is 16.4. The quantitative estimate of drug-likeness (QED) is 0.389. The Morgan fingerprint density at radius 2 is 2.00 bits per heavy atom. The molecule has 0 radical (unpaired) electrons. The van der Waals surface area contributed by atoms with Crippen LogP contribution in [0.4, 0.5) is 5.69 Å². The van der Waals surface area contributed by atoms with E-state index in [1.807, 2.05) is 60.8 Å². The van der Waals surface area contributed by atoms with Crippen molar-refractivity contribution in [1.82, 2.24) is 4.98 Å². The first-order valence-electron chi connectivity index (χ1n) is 7.97. The molecule has 0 bridgehead atoms. The van der Waals surface area contributed by atoms with E-state index < -0.39 is 0 Å². The molecule has 0 saturated heterocycles. The zero-order valence-corrected chi connectivity index (χ0v) is 17.1. The Kier molecular flexibility index (Phi) is 6.40. The summed E-state index contributed by atoms with van der Waals surface area (Å²) in [7, 11) is 0. The number of rotatable bonds is 6. The van der Waals surface area contributed by atoms with Crippen LogP contribution in [0, 0.1) is 10.5 Å². The van der Waals surface area contributed by atoms with Crippen molar-refractivity contribution in [3.63, 3.8) is 0 Å². The Bertz CT molecular complexity index is 920. The number of nitrogens with zero attached hydrogens (tertiary/aromatic N) is 1. The molecule has 3 rings (SSSR count). The topological polar surface area (TPSA) is 51.2 Å². The van der Waals surface area contributed by atoms with E-state index in [1.165, 1.54) is 6.08 Å². The van der Waals surface area contributed by atoms with Crippen molar-refractivity contribution < 1.29 is 9.53 Å². The number of hydrogen-bond donors (Lipinski definition) is 1. The van der Waals surface area contributed by atoms with Gasteiger partial charge in [0.05, 0.1) is 16.4 Å². The number of aryl methyl sites for hydroxylation is 1. The number of thiazole rings is 1. The number of hydrogen-bond acceptors (Lipinski definition) is 4. The van der Waals surface area contributed by atoms with Gasteiger partial charge in [0.2, 0.25) is 5.91 Å². The SMILES string of the molecule is Cc1nc(COc2ccc(/C=C/C(=O)Nc3ccccc3I)cc2)cs1. The fourth-order valence-corrected chi connectivity index (χ4v) is 3.34. The first-order valence-corrected chi connectivity index (χ1v) is 9.93. The highest BCUT2D eigenvalue weighted by Crippen LogP contribution is 2.18. The van der Waals surface area contributed by atoms with E-state index in [4.69, 9.17) is 4.74 Å². The average Bonchev–Trinajstić information content (AvgIpc) is 3.06. The maximum absolute atomic E-state index is 12.0. The molecule has 1 N–H and O–H groups in total. The van der Waals surface area contributed by atoms with Crippen molar-refractivity contribution in [2.24, 2.45) is 0 Å². The monoisotopic (exact) mass is 476 g/mol. The minimum absolute atomic E-state index is 0.159. The smallest absolute Gasteiger partial charge is 0.248 e. The van der Waals surface area contributed by atoms with Gasteiger partial charge in [-0.05, 0) is 65.4 Å². The van der Waals surface area contributed by atoms with Gasteiger partial charge in [-0.1, -0.05) is 24.3 Å². The van der Waals surface area contributed by atoms with E-state index in [0.29, 0.717) is 6.61 Å². The lowest BCUT2D eigenvalue weighted by atomic mass is 10.2. The molecule has 3 aromatic rings. The highest BCUT2D eigenvalue weighted by molar-refractivity contribution is 14.1. The number of benzene rings is 2. The zero-order valence-electron chi connectivity index (χ0n) is 14.1. The Morgan fingerprint density at radius 1 is 1.23 bits per heavy atom. The lowest BCUT2D eigenvalue weighted by Gasteiger charge is -2.05. The van der Waals surface area contributed by atoms with Crippen LogP contribution in [0.1, 0.15) is 16.3 Å². The molecular weight excluding hydrogens is 459 g/mol. The van der Waals surface area contributed by atoms with Gasteiger partial charge in [-0.15, -0.1) is 11.3 Å². The molecule has 0 unspecified atom stereocenters. The number of amides is 1. The summed E-state index contributed by atoms with van der Waals surface area (Å²) in [5.74, 6) is 0.615. The standard InChI is InChI=1S/C20H17IN2O2S/c1-14-22-16(13-26-14)12-25-17-9-6-15(7-10-17)8-11-20(24)23-19-5-3-2-4-18(19)21/h2-11,13H,12H2,1H3,(H,23,24)/b11-8+. The molecule has 1 heterocycles. The van der Waals surface area contributed by atoms with Gasteiger partial charge in [0.1, 0.15) is 12.4 Å². The summed E-state index contributed by atoms with van der Waals surface area (Å²) in [5.41, 5.74) is 2.67. The van der Waals surface area contributed by atoms with Crippen LogP contribution in [0.15, 0.2) is 60.0 Å². The second-order valence-electron chi connectivity index (χ2n) is 5.52. The third-order valence-corrected chi connectivity index (χ3v) is 5.26. The predicted molar refractivity (Wildman–Crippen MR) is 114 cm³/mol. The van der Waals surface area contributed by atoms with Crippen LogP contribution >= 0.6 is 33.9 Å². The van der Waals surface area contributed by atoms with Crippen molar-refractivity contribution >= 4 is 51.6 Å². The highest BCUT2D eigenvalue weighted by Gasteiger charge is 2.02. The molecule has 1 aromatic heterocycles. The van der Waals surface area contributed by atoms with Gasteiger partial charge in [-0.25, -0.2) is 4.98 Å². The van der Waals surface area contributed by atoms with Gasteiger partial charge in [-0.3, -0.25) is 4.79 Å². The van der Waals surface area contributed by atoms with Crippen molar-refractivity contribution in [3.05, 3.63) is 79.8 Å². The van der Waals surface area contributed by atoms with Crippen molar-refractivity contribution in [2.75, 3.05) is 5.32 Å². The molecule has 4 nitrogen and oxygen atoms in total. The molecule has 6 heteroatoms. The first kappa shape index (κ1) is 18.6.